The third kappa shape index (κ3) is 6.41. The van der Waals surface area contributed by atoms with Gasteiger partial charge >= 0.3 is 0 Å². The number of rotatable bonds is 9. The Balaban J connectivity index is 1.32. The van der Waals surface area contributed by atoms with Crippen LogP contribution in [0.1, 0.15) is 25.0 Å². The third-order valence-electron chi connectivity index (χ3n) is 5.56. The predicted octanol–water partition coefficient (Wildman–Crippen LogP) is 7.18. The molecule has 4 rings (SSSR count). The highest BCUT2D eigenvalue weighted by Gasteiger charge is 2.14. The van der Waals surface area contributed by atoms with E-state index in [1.165, 1.54) is 34.2 Å². The molecular weight excluding hydrogens is 474 g/mol. The van der Waals surface area contributed by atoms with Gasteiger partial charge in [-0.05, 0) is 81.3 Å². The van der Waals surface area contributed by atoms with Crippen molar-refractivity contribution in [2.24, 2.45) is 0 Å². The molecule has 1 amide bonds. The summed E-state index contributed by atoms with van der Waals surface area (Å²) in [5, 5.41) is 15.4. The van der Waals surface area contributed by atoms with Crippen molar-refractivity contribution in [1.82, 2.24) is 10.2 Å². The van der Waals surface area contributed by atoms with Crippen LogP contribution in [0.2, 0.25) is 0 Å². The van der Waals surface area contributed by atoms with Gasteiger partial charge in [0.1, 0.15) is 0 Å². The molecule has 1 heterocycles. The Morgan fingerprint density at radius 3 is 2.37 bits per heavy atom. The van der Waals surface area contributed by atoms with Gasteiger partial charge in [0, 0.05) is 28.8 Å². The molecule has 0 spiro atoms. The number of benzene rings is 3. The monoisotopic (exact) mass is 503 g/mol. The van der Waals surface area contributed by atoms with E-state index in [4.69, 9.17) is 0 Å². The minimum atomic E-state index is -0.0780. The molecule has 0 aliphatic carbocycles. The number of thioether (sulfide) groups is 1. The zero-order valence-electron chi connectivity index (χ0n) is 20.3. The van der Waals surface area contributed by atoms with Crippen molar-refractivity contribution in [3.8, 4) is 0 Å². The molecule has 0 unspecified atom stereocenters. The van der Waals surface area contributed by atoms with E-state index in [9.17, 15) is 4.79 Å². The Morgan fingerprint density at radius 2 is 1.66 bits per heavy atom. The molecule has 0 radical (unpaired) electrons. The van der Waals surface area contributed by atoms with Crippen LogP contribution >= 0.6 is 23.1 Å². The van der Waals surface area contributed by atoms with Gasteiger partial charge in [-0.1, -0.05) is 53.4 Å². The normalized spacial score (nSPS) is 10.9. The highest BCUT2D eigenvalue weighted by Crippen LogP contribution is 2.31. The lowest BCUT2D eigenvalue weighted by atomic mass is 10.1. The van der Waals surface area contributed by atoms with E-state index in [2.05, 4.69) is 71.6 Å². The van der Waals surface area contributed by atoms with Crippen LogP contribution in [0.15, 0.2) is 77.1 Å². The highest BCUT2D eigenvalue weighted by atomic mass is 32.2. The minimum absolute atomic E-state index is 0.0780. The first-order valence-corrected chi connectivity index (χ1v) is 13.2. The van der Waals surface area contributed by atoms with Crippen LogP contribution in [0.3, 0.4) is 0 Å². The Morgan fingerprint density at radius 1 is 0.943 bits per heavy atom. The largest absolute Gasteiger partial charge is 0.339 e. The summed E-state index contributed by atoms with van der Waals surface area (Å²) in [5.41, 5.74) is 6.40. The number of amides is 1. The summed E-state index contributed by atoms with van der Waals surface area (Å²) in [5.74, 6) is 0.188. The standard InChI is InChI=1S/C27H29N5OS2/c1-18(2)32(22-10-6-5-7-11-22)23-15-13-21(14-16-23)28-25(33)17-34-27-31-30-26(35-27)29-24-12-8-9-19(3)20(24)4/h5-16,18H,17H2,1-4H3,(H,28,33)(H,29,30). The summed E-state index contributed by atoms with van der Waals surface area (Å²) in [6.45, 7) is 8.48. The molecular formula is C27H29N5OS2. The first-order valence-electron chi connectivity index (χ1n) is 11.4. The maximum absolute atomic E-state index is 12.5. The highest BCUT2D eigenvalue weighted by molar-refractivity contribution is 8.01. The molecule has 0 aliphatic rings. The number of hydrogen-bond acceptors (Lipinski definition) is 7. The lowest BCUT2D eigenvalue weighted by molar-refractivity contribution is -0.113. The van der Waals surface area contributed by atoms with Crippen molar-refractivity contribution in [3.05, 3.63) is 83.9 Å². The third-order valence-corrected chi connectivity index (χ3v) is 7.53. The van der Waals surface area contributed by atoms with Gasteiger partial charge in [-0.15, -0.1) is 10.2 Å². The molecule has 0 saturated carbocycles. The van der Waals surface area contributed by atoms with Gasteiger partial charge in [-0.2, -0.15) is 0 Å². The Bertz CT molecular complexity index is 1270. The lowest BCUT2D eigenvalue weighted by Gasteiger charge is -2.29. The van der Waals surface area contributed by atoms with E-state index >= 15 is 0 Å². The fourth-order valence-corrected chi connectivity index (χ4v) is 5.25. The van der Waals surface area contributed by atoms with Crippen LogP contribution in [0.5, 0.6) is 0 Å². The number of nitrogens with zero attached hydrogens (tertiary/aromatic N) is 3. The summed E-state index contributed by atoms with van der Waals surface area (Å²) < 4.78 is 0.749. The molecule has 1 aromatic heterocycles. The topological polar surface area (TPSA) is 70.1 Å². The van der Waals surface area contributed by atoms with Crippen molar-refractivity contribution in [1.29, 1.82) is 0 Å². The quantitative estimate of drug-likeness (QED) is 0.236. The number of aryl methyl sites for hydroxylation is 1. The molecule has 2 N–H and O–H groups in total. The number of para-hydroxylation sites is 1. The van der Waals surface area contributed by atoms with Gasteiger partial charge in [0.25, 0.3) is 0 Å². The summed E-state index contributed by atoms with van der Waals surface area (Å²) in [6.07, 6.45) is 0. The second-order valence-corrected chi connectivity index (χ2v) is 10.6. The van der Waals surface area contributed by atoms with Gasteiger partial charge in [0.15, 0.2) is 4.34 Å². The first-order chi connectivity index (χ1) is 16.9. The van der Waals surface area contributed by atoms with Gasteiger partial charge in [0.2, 0.25) is 11.0 Å². The second-order valence-electron chi connectivity index (χ2n) is 8.43. The van der Waals surface area contributed by atoms with E-state index < -0.39 is 0 Å². The maximum atomic E-state index is 12.5. The van der Waals surface area contributed by atoms with Crippen molar-refractivity contribution in [2.45, 2.75) is 38.1 Å². The molecule has 0 bridgehead atoms. The first kappa shape index (κ1) is 24.8. The predicted molar refractivity (Wildman–Crippen MR) is 149 cm³/mol. The lowest BCUT2D eigenvalue weighted by Crippen LogP contribution is -2.25. The molecule has 8 heteroatoms. The zero-order valence-corrected chi connectivity index (χ0v) is 21.9. The van der Waals surface area contributed by atoms with E-state index in [1.54, 1.807) is 0 Å². The molecule has 6 nitrogen and oxygen atoms in total. The molecule has 4 aromatic rings. The van der Waals surface area contributed by atoms with Gasteiger partial charge in [-0.25, -0.2) is 0 Å². The molecule has 3 aromatic carbocycles. The number of nitrogens with one attached hydrogen (secondary N) is 2. The van der Waals surface area contributed by atoms with Crippen molar-refractivity contribution in [2.75, 3.05) is 21.3 Å². The molecule has 0 saturated heterocycles. The van der Waals surface area contributed by atoms with Crippen LogP contribution in [0, 0.1) is 13.8 Å². The summed E-state index contributed by atoms with van der Waals surface area (Å²) in [6, 6.07) is 24.7. The summed E-state index contributed by atoms with van der Waals surface area (Å²) >= 11 is 2.82. The maximum Gasteiger partial charge on any atom is 0.234 e. The Kier molecular flexibility index (Phi) is 8.05. The van der Waals surface area contributed by atoms with Crippen LogP contribution in [-0.2, 0) is 4.79 Å². The Labute approximate surface area is 214 Å². The number of carbonyl (C=O) groups excluding carboxylic acids is 1. The van der Waals surface area contributed by atoms with E-state index in [0.717, 1.165) is 27.1 Å². The summed E-state index contributed by atoms with van der Waals surface area (Å²) in [7, 11) is 0. The van der Waals surface area contributed by atoms with E-state index in [-0.39, 0.29) is 11.7 Å². The van der Waals surface area contributed by atoms with Crippen LogP contribution in [-0.4, -0.2) is 27.9 Å². The van der Waals surface area contributed by atoms with Crippen LogP contribution in [0.4, 0.5) is 27.9 Å². The minimum Gasteiger partial charge on any atom is -0.339 e. The molecule has 35 heavy (non-hydrogen) atoms. The van der Waals surface area contributed by atoms with Crippen molar-refractivity contribution < 1.29 is 4.79 Å². The zero-order chi connectivity index (χ0) is 24.8. The molecule has 0 fully saturated rings. The number of hydrogen-bond donors (Lipinski definition) is 2. The second kappa shape index (κ2) is 11.4. The van der Waals surface area contributed by atoms with E-state index in [1.807, 2.05) is 54.6 Å². The number of carbonyl (C=O) groups is 1. The number of aromatic nitrogens is 2. The Hall–Kier alpha value is -3.36. The van der Waals surface area contributed by atoms with Gasteiger partial charge in [0.05, 0.1) is 5.75 Å². The molecule has 180 valence electrons. The van der Waals surface area contributed by atoms with Crippen molar-refractivity contribution >= 4 is 56.9 Å². The smallest absolute Gasteiger partial charge is 0.234 e. The SMILES string of the molecule is Cc1cccc(Nc2nnc(SCC(=O)Nc3ccc(N(c4ccccc4)C(C)C)cc3)s2)c1C. The van der Waals surface area contributed by atoms with Gasteiger partial charge in [-0.3, -0.25) is 4.79 Å². The fraction of sp³-hybridized carbons (Fsp3) is 0.222. The number of anilines is 5. The van der Waals surface area contributed by atoms with Gasteiger partial charge < -0.3 is 15.5 Å². The average Bonchev–Trinajstić information content (AvgIpc) is 3.30. The van der Waals surface area contributed by atoms with Crippen LogP contribution < -0.4 is 15.5 Å². The molecule has 0 aliphatic heterocycles. The van der Waals surface area contributed by atoms with Crippen LogP contribution in [0.25, 0.3) is 0 Å². The van der Waals surface area contributed by atoms with E-state index in [0.29, 0.717) is 11.2 Å². The fourth-order valence-electron chi connectivity index (χ4n) is 3.68. The average molecular weight is 504 g/mol. The summed E-state index contributed by atoms with van der Waals surface area (Å²) in [4.78, 5) is 14.8. The van der Waals surface area contributed by atoms with Crippen molar-refractivity contribution in [3.63, 3.8) is 0 Å². The molecule has 0 atom stereocenters.